The quantitative estimate of drug-likeness (QED) is 0.625. The summed E-state index contributed by atoms with van der Waals surface area (Å²) in [4.78, 5) is 11.5. The SMILES string of the molecule is Nc1cccc(OCCC(=O)OCC2CCOC2)c1. The van der Waals surface area contributed by atoms with E-state index in [9.17, 15) is 4.79 Å². The number of nitrogen functional groups attached to an aromatic ring is 1. The van der Waals surface area contributed by atoms with Gasteiger partial charge in [0.15, 0.2) is 0 Å². The van der Waals surface area contributed by atoms with Gasteiger partial charge < -0.3 is 19.9 Å². The number of nitrogens with two attached hydrogens (primary N) is 1. The summed E-state index contributed by atoms with van der Waals surface area (Å²) < 4.78 is 15.8. The number of rotatable bonds is 6. The fourth-order valence-corrected chi connectivity index (χ4v) is 1.85. The van der Waals surface area contributed by atoms with E-state index in [1.54, 1.807) is 18.2 Å². The van der Waals surface area contributed by atoms with Crippen molar-refractivity contribution in [3.63, 3.8) is 0 Å². The summed E-state index contributed by atoms with van der Waals surface area (Å²) in [6, 6.07) is 7.12. The number of hydrogen-bond acceptors (Lipinski definition) is 5. The van der Waals surface area contributed by atoms with Crippen LogP contribution in [0.4, 0.5) is 5.69 Å². The van der Waals surface area contributed by atoms with Crippen LogP contribution in [0.3, 0.4) is 0 Å². The maximum absolute atomic E-state index is 11.5. The highest BCUT2D eigenvalue weighted by molar-refractivity contribution is 5.69. The maximum atomic E-state index is 11.5. The van der Waals surface area contributed by atoms with Gasteiger partial charge in [-0.25, -0.2) is 0 Å². The molecule has 0 aliphatic carbocycles. The van der Waals surface area contributed by atoms with Crippen molar-refractivity contribution in [3.8, 4) is 5.75 Å². The smallest absolute Gasteiger partial charge is 0.309 e. The van der Waals surface area contributed by atoms with Crippen LogP contribution in [-0.2, 0) is 14.3 Å². The lowest BCUT2D eigenvalue weighted by Crippen LogP contribution is -2.16. The Morgan fingerprint density at radius 2 is 2.37 bits per heavy atom. The predicted molar refractivity (Wildman–Crippen MR) is 70.9 cm³/mol. The molecule has 5 nitrogen and oxygen atoms in total. The van der Waals surface area contributed by atoms with Crippen LogP contribution in [0.5, 0.6) is 5.75 Å². The molecule has 5 heteroatoms. The molecule has 0 radical (unpaired) electrons. The van der Waals surface area contributed by atoms with E-state index in [2.05, 4.69) is 0 Å². The van der Waals surface area contributed by atoms with Crippen LogP contribution in [-0.4, -0.2) is 32.4 Å². The first kappa shape index (κ1) is 13.7. The molecule has 0 amide bonds. The summed E-state index contributed by atoms with van der Waals surface area (Å²) in [7, 11) is 0. The summed E-state index contributed by atoms with van der Waals surface area (Å²) in [5, 5.41) is 0. The van der Waals surface area contributed by atoms with Gasteiger partial charge in [-0.15, -0.1) is 0 Å². The first-order chi connectivity index (χ1) is 9.24. The molecule has 104 valence electrons. The molecule has 1 fully saturated rings. The molecule has 1 aliphatic heterocycles. The summed E-state index contributed by atoms with van der Waals surface area (Å²) >= 11 is 0. The van der Waals surface area contributed by atoms with Crippen LogP contribution in [0, 0.1) is 5.92 Å². The molecule has 1 atom stereocenters. The number of carbonyl (C=O) groups excluding carboxylic acids is 1. The Morgan fingerprint density at radius 1 is 1.47 bits per heavy atom. The van der Waals surface area contributed by atoms with Gasteiger partial charge in [-0.05, 0) is 18.6 Å². The number of carbonyl (C=O) groups is 1. The number of hydrogen-bond donors (Lipinski definition) is 1. The summed E-state index contributed by atoms with van der Waals surface area (Å²) in [5.41, 5.74) is 6.26. The Hall–Kier alpha value is -1.75. The zero-order valence-corrected chi connectivity index (χ0v) is 10.8. The molecule has 0 aromatic heterocycles. The topological polar surface area (TPSA) is 70.8 Å². The van der Waals surface area contributed by atoms with E-state index in [0.29, 0.717) is 37.2 Å². The van der Waals surface area contributed by atoms with Crippen molar-refractivity contribution in [2.24, 2.45) is 5.92 Å². The minimum Gasteiger partial charge on any atom is -0.493 e. The Balaban J connectivity index is 1.60. The second-order valence-electron chi connectivity index (χ2n) is 4.58. The Bertz CT molecular complexity index is 416. The van der Waals surface area contributed by atoms with Gasteiger partial charge in [-0.3, -0.25) is 4.79 Å². The minimum absolute atomic E-state index is 0.238. The highest BCUT2D eigenvalue weighted by Gasteiger charge is 2.17. The Kier molecular flexibility index (Phi) is 5.03. The van der Waals surface area contributed by atoms with E-state index in [-0.39, 0.29) is 12.4 Å². The number of benzene rings is 1. The first-order valence-corrected chi connectivity index (χ1v) is 6.46. The van der Waals surface area contributed by atoms with Crippen LogP contribution < -0.4 is 10.5 Å². The van der Waals surface area contributed by atoms with Gasteiger partial charge in [0.05, 0.1) is 26.2 Å². The van der Waals surface area contributed by atoms with Crippen LogP contribution >= 0.6 is 0 Å². The third-order valence-corrected chi connectivity index (χ3v) is 2.94. The van der Waals surface area contributed by atoms with Crippen molar-refractivity contribution >= 4 is 11.7 Å². The van der Waals surface area contributed by atoms with Crippen LogP contribution in [0.2, 0.25) is 0 Å². The molecule has 0 spiro atoms. The Morgan fingerprint density at radius 3 is 3.11 bits per heavy atom. The lowest BCUT2D eigenvalue weighted by molar-refractivity contribution is -0.145. The molecule has 2 N–H and O–H groups in total. The minimum atomic E-state index is -0.240. The van der Waals surface area contributed by atoms with Gasteiger partial charge in [-0.2, -0.15) is 0 Å². The van der Waals surface area contributed by atoms with Crippen LogP contribution in [0.25, 0.3) is 0 Å². The fraction of sp³-hybridized carbons (Fsp3) is 0.500. The lowest BCUT2D eigenvalue weighted by atomic mass is 10.1. The van der Waals surface area contributed by atoms with Crippen molar-refractivity contribution in [2.45, 2.75) is 12.8 Å². The summed E-state index contributed by atoms with van der Waals surface area (Å²) in [5.74, 6) is 0.770. The normalized spacial score (nSPS) is 18.2. The van der Waals surface area contributed by atoms with Crippen molar-refractivity contribution in [1.29, 1.82) is 0 Å². The number of ether oxygens (including phenoxy) is 3. The van der Waals surface area contributed by atoms with Gasteiger partial charge >= 0.3 is 5.97 Å². The highest BCUT2D eigenvalue weighted by Crippen LogP contribution is 2.15. The van der Waals surface area contributed by atoms with Crippen molar-refractivity contribution in [1.82, 2.24) is 0 Å². The molecule has 0 saturated carbocycles. The second kappa shape index (κ2) is 6.99. The van der Waals surface area contributed by atoms with Gasteiger partial charge in [0.2, 0.25) is 0 Å². The number of anilines is 1. The molecular weight excluding hydrogens is 246 g/mol. The zero-order chi connectivity index (χ0) is 13.5. The van der Waals surface area contributed by atoms with Crippen LogP contribution in [0.15, 0.2) is 24.3 Å². The molecule has 1 aromatic rings. The standard InChI is InChI=1S/C14H19NO4/c15-12-2-1-3-13(8-12)18-7-5-14(16)19-10-11-4-6-17-9-11/h1-3,8,11H,4-7,9-10,15H2. The molecule has 0 bridgehead atoms. The van der Waals surface area contributed by atoms with E-state index in [0.717, 1.165) is 13.0 Å². The third kappa shape index (κ3) is 4.79. The van der Waals surface area contributed by atoms with Gasteiger partial charge in [0, 0.05) is 24.3 Å². The molecule has 2 rings (SSSR count). The Labute approximate surface area is 112 Å². The molecule has 1 aliphatic rings. The zero-order valence-electron chi connectivity index (χ0n) is 10.8. The van der Waals surface area contributed by atoms with Crippen molar-refractivity contribution in [3.05, 3.63) is 24.3 Å². The lowest BCUT2D eigenvalue weighted by Gasteiger charge is -2.09. The second-order valence-corrected chi connectivity index (χ2v) is 4.58. The monoisotopic (exact) mass is 265 g/mol. The molecule has 19 heavy (non-hydrogen) atoms. The predicted octanol–water partition coefficient (Wildman–Crippen LogP) is 1.62. The van der Waals surface area contributed by atoms with Crippen molar-refractivity contribution in [2.75, 3.05) is 32.2 Å². The van der Waals surface area contributed by atoms with Crippen LogP contribution in [0.1, 0.15) is 12.8 Å². The third-order valence-electron chi connectivity index (χ3n) is 2.94. The fourth-order valence-electron chi connectivity index (χ4n) is 1.85. The average Bonchev–Trinajstić information content (AvgIpc) is 2.89. The van der Waals surface area contributed by atoms with E-state index < -0.39 is 0 Å². The first-order valence-electron chi connectivity index (χ1n) is 6.46. The molecule has 1 heterocycles. The summed E-state index contributed by atoms with van der Waals surface area (Å²) in [6.07, 6.45) is 1.20. The van der Waals surface area contributed by atoms with Gasteiger partial charge in [-0.1, -0.05) is 6.07 Å². The highest BCUT2D eigenvalue weighted by atomic mass is 16.5. The average molecular weight is 265 g/mol. The van der Waals surface area contributed by atoms with E-state index in [1.807, 2.05) is 6.07 Å². The molecular formula is C14H19NO4. The molecule has 1 saturated heterocycles. The maximum Gasteiger partial charge on any atom is 0.309 e. The summed E-state index contributed by atoms with van der Waals surface area (Å²) in [6.45, 7) is 2.19. The largest absolute Gasteiger partial charge is 0.493 e. The van der Waals surface area contributed by atoms with Crippen molar-refractivity contribution < 1.29 is 19.0 Å². The van der Waals surface area contributed by atoms with E-state index >= 15 is 0 Å². The van der Waals surface area contributed by atoms with Gasteiger partial charge in [0.25, 0.3) is 0 Å². The molecule has 1 aromatic carbocycles. The molecule has 1 unspecified atom stereocenters. The van der Waals surface area contributed by atoms with E-state index in [1.165, 1.54) is 0 Å². The number of esters is 1. The van der Waals surface area contributed by atoms with E-state index in [4.69, 9.17) is 19.9 Å². The van der Waals surface area contributed by atoms with Gasteiger partial charge in [0.1, 0.15) is 5.75 Å².